The lowest BCUT2D eigenvalue weighted by molar-refractivity contribution is -0.515. The Morgan fingerprint density at radius 2 is 2.29 bits per heavy atom. The number of carbonyl (C=O) groups is 3. The van der Waals surface area contributed by atoms with Gasteiger partial charge in [-0.1, -0.05) is 13.8 Å². The van der Waals surface area contributed by atoms with E-state index in [1.54, 1.807) is 19.2 Å². The van der Waals surface area contributed by atoms with Crippen molar-refractivity contribution in [2.75, 3.05) is 6.61 Å². The lowest BCUT2D eigenvalue weighted by atomic mass is 9.99. The molecule has 2 heterocycles. The van der Waals surface area contributed by atoms with Crippen LogP contribution >= 0.6 is 0 Å². The summed E-state index contributed by atoms with van der Waals surface area (Å²) in [6.45, 7) is 3.27. The zero-order valence-corrected chi connectivity index (χ0v) is 12.9. The van der Waals surface area contributed by atoms with E-state index < -0.39 is 29.7 Å². The third-order valence-electron chi connectivity index (χ3n) is 3.10. The van der Waals surface area contributed by atoms with Crippen LogP contribution in [0.15, 0.2) is 22.8 Å². The van der Waals surface area contributed by atoms with E-state index in [0.29, 0.717) is 0 Å². The Labute approximate surface area is 136 Å². The summed E-state index contributed by atoms with van der Waals surface area (Å²) in [5.41, 5.74) is -3.41. The first-order valence-electron chi connectivity index (χ1n) is 7.07. The summed E-state index contributed by atoms with van der Waals surface area (Å²) in [5.74, 6) is -3.20. The molecular weight excluding hydrogens is 325 g/mol. The van der Waals surface area contributed by atoms with Crippen molar-refractivity contribution in [1.29, 1.82) is 0 Å². The molecule has 1 fully saturated rings. The number of nitrogens with zero attached hydrogens (tertiary/aromatic N) is 1. The van der Waals surface area contributed by atoms with Crippen LogP contribution in [0.3, 0.4) is 0 Å². The number of hydroxylamine groups is 1. The van der Waals surface area contributed by atoms with E-state index in [1.807, 2.05) is 5.32 Å². The van der Waals surface area contributed by atoms with E-state index >= 15 is 4.39 Å². The Hall–Kier alpha value is -2.91. The average Bonchev–Trinajstić information content (AvgIpc) is 3.01. The second kappa shape index (κ2) is 6.69. The SMILES string of the molecule is CC(C)COC(=O)C1(F)C(=O)NC(=O)NC1/[N+]([O-])=C/c1ccco1. The van der Waals surface area contributed by atoms with Crippen LogP contribution in [0.5, 0.6) is 0 Å². The fourth-order valence-electron chi connectivity index (χ4n) is 1.93. The number of hydrogen-bond donors (Lipinski definition) is 2. The molecule has 0 radical (unpaired) electrons. The van der Waals surface area contributed by atoms with Gasteiger partial charge in [-0.3, -0.25) is 15.4 Å². The van der Waals surface area contributed by atoms with E-state index in [4.69, 9.17) is 9.15 Å². The molecule has 1 aliphatic heterocycles. The summed E-state index contributed by atoms with van der Waals surface area (Å²) in [6.07, 6.45) is -0.0672. The average molecular weight is 341 g/mol. The Morgan fingerprint density at radius 1 is 1.58 bits per heavy atom. The largest absolute Gasteiger partial charge is 0.622 e. The smallest absolute Gasteiger partial charge is 0.365 e. The maximum atomic E-state index is 15.1. The Kier molecular flexibility index (Phi) is 4.86. The van der Waals surface area contributed by atoms with Crippen molar-refractivity contribution in [3.63, 3.8) is 0 Å². The van der Waals surface area contributed by atoms with E-state index in [2.05, 4.69) is 0 Å². The van der Waals surface area contributed by atoms with E-state index in [9.17, 15) is 19.6 Å². The number of hydrogen-bond acceptors (Lipinski definition) is 6. The number of esters is 1. The second-order valence-corrected chi connectivity index (χ2v) is 5.54. The summed E-state index contributed by atoms with van der Waals surface area (Å²) in [4.78, 5) is 35.3. The Bertz CT molecular complexity index is 672. The molecule has 1 saturated heterocycles. The normalized spacial score (nSPS) is 24.5. The van der Waals surface area contributed by atoms with Gasteiger partial charge in [0.1, 0.15) is 0 Å². The van der Waals surface area contributed by atoms with Crippen LogP contribution in [0.25, 0.3) is 0 Å². The minimum Gasteiger partial charge on any atom is -0.622 e. The number of halogens is 1. The maximum Gasteiger partial charge on any atom is 0.365 e. The molecule has 1 aromatic heterocycles. The minimum atomic E-state index is -3.41. The molecule has 2 atom stereocenters. The first-order valence-corrected chi connectivity index (χ1v) is 7.07. The highest BCUT2D eigenvalue weighted by Crippen LogP contribution is 2.23. The summed E-state index contributed by atoms with van der Waals surface area (Å²) < 4.78 is 24.7. The van der Waals surface area contributed by atoms with Crippen molar-refractivity contribution in [2.24, 2.45) is 5.92 Å². The molecule has 0 spiro atoms. The predicted octanol–water partition coefficient (Wildman–Crippen LogP) is 0.282. The third-order valence-corrected chi connectivity index (χ3v) is 3.10. The second-order valence-electron chi connectivity index (χ2n) is 5.54. The van der Waals surface area contributed by atoms with Gasteiger partial charge in [0.15, 0.2) is 5.76 Å². The van der Waals surface area contributed by atoms with Gasteiger partial charge in [0.2, 0.25) is 6.21 Å². The zero-order chi connectivity index (χ0) is 17.9. The number of urea groups is 1. The zero-order valence-electron chi connectivity index (χ0n) is 12.9. The van der Waals surface area contributed by atoms with Crippen molar-refractivity contribution >= 4 is 24.1 Å². The first kappa shape index (κ1) is 17.4. The number of amides is 3. The first-order chi connectivity index (χ1) is 11.2. The van der Waals surface area contributed by atoms with Gasteiger partial charge in [-0.15, -0.1) is 0 Å². The summed E-state index contributed by atoms with van der Waals surface area (Å²) in [5, 5.41) is 15.7. The van der Waals surface area contributed by atoms with Crippen molar-refractivity contribution in [3.05, 3.63) is 29.4 Å². The quantitative estimate of drug-likeness (QED) is 0.198. The Morgan fingerprint density at radius 3 is 2.88 bits per heavy atom. The number of furan rings is 1. The van der Waals surface area contributed by atoms with Crippen molar-refractivity contribution in [3.8, 4) is 0 Å². The van der Waals surface area contributed by atoms with Crippen LogP contribution in [-0.2, 0) is 14.3 Å². The highest BCUT2D eigenvalue weighted by atomic mass is 19.1. The van der Waals surface area contributed by atoms with Gasteiger partial charge < -0.3 is 14.4 Å². The van der Waals surface area contributed by atoms with Crippen LogP contribution < -0.4 is 10.6 Å². The minimum absolute atomic E-state index is 0.0446. The van der Waals surface area contributed by atoms with Crippen LogP contribution in [0.4, 0.5) is 9.18 Å². The van der Waals surface area contributed by atoms with E-state index in [-0.39, 0.29) is 23.0 Å². The molecule has 0 aliphatic carbocycles. The van der Waals surface area contributed by atoms with Gasteiger partial charge in [-0.2, -0.15) is 4.74 Å². The fraction of sp³-hybridized carbons (Fsp3) is 0.429. The topological polar surface area (TPSA) is 124 Å². The van der Waals surface area contributed by atoms with Crippen LogP contribution in [0.1, 0.15) is 19.6 Å². The van der Waals surface area contributed by atoms with Gasteiger partial charge in [-0.05, 0) is 18.1 Å². The summed E-state index contributed by atoms with van der Waals surface area (Å²) >= 11 is 0. The molecule has 0 bridgehead atoms. The molecular formula is C14H16FN3O6. The number of alkyl halides is 1. The monoisotopic (exact) mass is 341 g/mol. The fourth-order valence-corrected chi connectivity index (χ4v) is 1.93. The standard InChI is InChI=1S/C14H16FN3O6/c1-8(2)7-24-12(20)14(15)10(16-13(21)17-11(14)19)18(22)6-9-4-3-5-23-9/h3-6,8,10H,7H2,1-2H3,(H2,16,17,19,21)/b18-6-. The highest BCUT2D eigenvalue weighted by Gasteiger charge is 2.64. The molecule has 0 aromatic carbocycles. The molecule has 130 valence electrons. The van der Waals surface area contributed by atoms with Crippen LogP contribution in [-0.4, -0.2) is 47.3 Å². The summed E-state index contributed by atoms with van der Waals surface area (Å²) in [6, 6.07) is 1.77. The van der Waals surface area contributed by atoms with Gasteiger partial charge in [0, 0.05) is 0 Å². The predicted molar refractivity (Wildman–Crippen MR) is 77.6 cm³/mol. The maximum absolute atomic E-state index is 15.1. The van der Waals surface area contributed by atoms with Gasteiger partial charge in [0.05, 0.1) is 12.9 Å². The van der Waals surface area contributed by atoms with Gasteiger partial charge >= 0.3 is 17.7 Å². The molecule has 0 saturated carbocycles. The molecule has 2 rings (SSSR count). The molecule has 24 heavy (non-hydrogen) atoms. The van der Waals surface area contributed by atoms with Gasteiger partial charge in [0.25, 0.3) is 12.1 Å². The highest BCUT2D eigenvalue weighted by molar-refractivity contribution is 6.14. The number of imide groups is 1. The van der Waals surface area contributed by atoms with Crippen LogP contribution in [0.2, 0.25) is 0 Å². The van der Waals surface area contributed by atoms with E-state index in [1.165, 1.54) is 18.4 Å². The van der Waals surface area contributed by atoms with Crippen molar-refractivity contribution < 1.29 is 32.7 Å². The molecule has 1 aromatic rings. The number of carbonyl (C=O) groups excluding carboxylic acids is 3. The Balaban J connectivity index is 2.34. The molecule has 2 unspecified atom stereocenters. The van der Waals surface area contributed by atoms with Crippen LogP contribution in [0, 0.1) is 11.1 Å². The molecule has 1 aliphatic rings. The summed E-state index contributed by atoms with van der Waals surface area (Å²) in [7, 11) is 0. The molecule has 10 heteroatoms. The number of rotatable bonds is 5. The van der Waals surface area contributed by atoms with Crippen molar-refractivity contribution in [1.82, 2.24) is 10.6 Å². The molecule has 2 N–H and O–H groups in total. The lowest BCUT2D eigenvalue weighted by Crippen LogP contribution is -2.72. The van der Waals surface area contributed by atoms with E-state index in [0.717, 1.165) is 6.21 Å². The number of nitrogens with one attached hydrogen (secondary N) is 2. The lowest BCUT2D eigenvalue weighted by Gasteiger charge is -2.32. The third kappa shape index (κ3) is 3.36. The van der Waals surface area contributed by atoms with Gasteiger partial charge in [-0.25, -0.2) is 14.0 Å². The number of ether oxygens (including phenoxy) is 1. The molecule has 3 amide bonds. The van der Waals surface area contributed by atoms with Crippen molar-refractivity contribution in [2.45, 2.75) is 25.7 Å². The molecule has 9 nitrogen and oxygen atoms in total.